The Labute approximate surface area is 142 Å². The van der Waals surface area contributed by atoms with Gasteiger partial charge in [0, 0.05) is 42.7 Å². The average Bonchev–Trinajstić information content (AvgIpc) is 2.85. The fourth-order valence-electron chi connectivity index (χ4n) is 2.26. The number of benzene rings is 1. The second-order valence-corrected chi connectivity index (χ2v) is 6.10. The molecule has 0 bridgehead atoms. The summed E-state index contributed by atoms with van der Waals surface area (Å²) in [6, 6.07) is 5.42. The molecule has 0 atom stereocenters. The highest BCUT2D eigenvalue weighted by Crippen LogP contribution is 2.17. The first-order chi connectivity index (χ1) is 11.4. The van der Waals surface area contributed by atoms with E-state index in [1.807, 2.05) is 0 Å². The molecule has 0 fully saturated rings. The summed E-state index contributed by atoms with van der Waals surface area (Å²) in [6.07, 6.45) is 0.0914. The highest BCUT2D eigenvalue weighted by molar-refractivity contribution is 7.07. The van der Waals surface area contributed by atoms with Crippen LogP contribution in [0, 0.1) is 12.7 Å². The standard InChI is InChI=1S/C16H18FN3O3S/c1-11-10-24-16(23)19(11)9-7-15(22)20(8-6-14(18)21)13-4-2-12(17)3-5-13/h2-5,10H,6-9H2,1H3,(H2,18,21). The Kier molecular flexibility index (Phi) is 5.86. The van der Waals surface area contributed by atoms with Gasteiger partial charge < -0.3 is 15.2 Å². The normalized spacial score (nSPS) is 10.6. The zero-order chi connectivity index (χ0) is 17.7. The molecule has 2 aromatic rings. The van der Waals surface area contributed by atoms with Crippen molar-refractivity contribution >= 4 is 28.8 Å². The van der Waals surface area contributed by atoms with Crippen molar-refractivity contribution in [3.63, 3.8) is 0 Å². The number of nitrogens with two attached hydrogens (primary N) is 1. The maximum absolute atomic E-state index is 13.1. The fraction of sp³-hybridized carbons (Fsp3) is 0.312. The van der Waals surface area contributed by atoms with Crippen molar-refractivity contribution in [3.8, 4) is 0 Å². The maximum atomic E-state index is 13.1. The molecule has 2 N–H and O–H groups in total. The minimum atomic E-state index is -0.528. The number of rotatable bonds is 7. The van der Waals surface area contributed by atoms with Gasteiger partial charge in [0.1, 0.15) is 5.82 Å². The van der Waals surface area contributed by atoms with Crippen LogP contribution >= 0.6 is 11.3 Å². The van der Waals surface area contributed by atoms with Gasteiger partial charge in [-0.25, -0.2) is 4.39 Å². The van der Waals surface area contributed by atoms with E-state index in [2.05, 4.69) is 0 Å². The molecule has 0 unspecified atom stereocenters. The van der Waals surface area contributed by atoms with Gasteiger partial charge >= 0.3 is 4.87 Å². The van der Waals surface area contributed by atoms with Crippen molar-refractivity contribution in [3.05, 3.63) is 50.8 Å². The highest BCUT2D eigenvalue weighted by Gasteiger charge is 2.17. The van der Waals surface area contributed by atoms with Crippen molar-refractivity contribution in [2.45, 2.75) is 26.3 Å². The van der Waals surface area contributed by atoms with Gasteiger partial charge in [0.2, 0.25) is 11.8 Å². The van der Waals surface area contributed by atoms with Crippen molar-refractivity contribution in [1.29, 1.82) is 0 Å². The second kappa shape index (κ2) is 7.87. The molecule has 8 heteroatoms. The molecule has 0 radical (unpaired) electrons. The van der Waals surface area contributed by atoms with Gasteiger partial charge in [0.25, 0.3) is 0 Å². The lowest BCUT2D eigenvalue weighted by Crippen LogP contribution is -2.35. The number of primary amides is 1. The molecule has 0 spiro atoms. The van der Waals surface area contributed by atoms with Crippen LogP contribution in [0.2, 0.25) is 0 Å². The van der Waals surface area contributed by atoms with Crippen LogP contribution in [0.5, 0.6) is 0 Å². The molecule has 24 heavy (non-hydrogen) atoms. The summed E-state index contributed by atoms with van der Waals surface area (Å²) in [4.78, 5) is 36.5. The first-order valence-corrected chi connectivity index (χ1v) is 8.25. The average molecular weight is 351 g/mol. The Morgan fingerprint density at radius 3 is 2.46 bits per heavy atom. The molecule has 0 aliphatic heterocycles. The molecular formula is C16H18FN3O3S. The number of aromatic nitrogens is 1. The smallest absolute Gasteiger partial charge is 0.307 e. The topological polar surface area (TPSA) is 85.4 Å². The third kappa shape index (κ3) is 4.51. The van der Waals surface area contributed by atoms with Gasteiger partial charge in [-0.05, 0) is 31.2 Å². The van der Waals surface area contributed by atoms with E-state index in [0.29, 0.717) is 5.69 Å². The summed E-state index contributed by atoms with van der Waals surface area (Å²) in [7, 11) is 0. The zero-order valence-corrected chi connectivity index (χ0v) is 14.0. The van der Waals surface area contributed by atoms with Gasteiger partial charge in [-0.3, -0.25) is 14.4 Å². The van der Waals surface area contributed by atoms with Crippen molar-refractivity contribution in [1.82, 2.24) is 4.57 Å². The van der Waals surface area contributed by atoms with Crippen LogP contribution in [0.4, 0.5) is 10.1 Å². The van der Waals surface area contributed by atoms with Gasteiger partial charge in [-0.15, -0.1) is 0 Å². The van der Waals surface area contributed by atoms with Gasteiger partial charge in [0.15, 0.2) is 0 Å². The van der Waals surface area contributed by atoms with Gasteiger partial charge in [-0.1, -0.05) is 11.3 Å². The SMILES string of the molecule is Cc1csc(=O)n1CCC(=O)N(CCC(N)=O)c1ccc(F)cc1. The third-order valence-corrected chi connectivity index (χ3v) is 4.43. The summed E-state index contributed by atoms with van der Waals surface area (Å²) in [5, 5.41) is 1.73. The Morgan fingerprint density at radius 1 is 1.25 bits per heavy atom. The van der Waals surface area contributed by atoms with E-state index in [1.165, 1.54) is 33.7 Å². The molecule has 0 saturated heterocycles. The Morgan fingerprint density at radius 2 is 1.92 bits per heavy atom. The number of carbonyl (C=O) groups is 2. The number of thiazole rings is 1. The Hall–Kier alpha value is -2.48. The number of carbonyl (C=O) groups excluding carboxylic acids is 2. The van der Waals surface area contributed by atoms with Crippen LogP contribution < -0.4 is 15.5 Å². The lowest BCUT2D eigenvalue weighted by molar-refractivity contribution is -0.119. The summed E-state index contributed by atoms with van der Waals surface area (Å²) >= 11 is 1.08. The maximum Gasteiger partial charge on any atom is 0.307 e. The molecule has 2 amide bonds. The van der Waals surface area contributed by atoms with E-state index < -0.39 is 11.7 Å². The van der Waals surface area contributed by atoms with E-state index in [4.69, 9.17) is 5.73 Å². The molecule has 6 nitrogen and oxygen atoms in total. The summed E-state index contributed by atoms with van der Waals surface area (Å²) in [5.74, 6) is -1.21. The molecular weight excluding hydrogens is 333 g/mol. The van der Waals surface area contributed by atoms with Crippen LogP contribution in [-0.4, -0.2) is 22.9 Å². The van der Waals surface area contributed by atoms with Crippen molar-refractivity contribution in [2.75, 3.05) is 11.4 Å². The van der Waals surface area contributed by atoms with Gasteiger partial charge in [-0.2, -0.15) is 0 Å². The monoisotopic (exact) mass is 351 g/mol. The molecule has 1 heterocycles. The zero-order valence-electron chi connectivity index (χ0n) is 13.2. The lowest BCUT2D eigenvalue weighted by Gasteiger charge is -2.22. The quantitative estimate of drug-likeness (QED) is 0.823. The number of nitrogens with zero attached hydrogens (tertiary/aromatic N) is 2. The fourth-order valence-corrected chi connectivity index (χ4v) is 3.02. The molecule has 1 aromatic heterocycles. The number of halogens is 1. The molecule has 0 aliphatic carbocycles. The van der Waals surface area contributed by atoms with E-state index >= 15 is 0 Å². The molecule has 1 aromatic carbocycles. The largest absolute Gasteiger partial charge is 0.370 e. The summed E-state index contributed by atoms with van der Waals surface area (Å²) < 4.78 is 14.6. The van der Waals surface area contributed by atoms with E-state index in [9.17, 15) is 18.8 Å². The number of aryl methyl sites for hydroxylation is 1. The van der Waals surface area contributed by atoms with E-state index in [1.54, 1.807) is 12.3 Å². The van der Waals surface area contributed by atoms with Crippen LogP contribution in [0.25, 0.3) is 0 Å². The third-order valence-electron chi connectivity index (χ3n) is 3.55. The van der Waals surface area contributed by atoms with Crippen LogP contribution in [0.3, 0.4) is 0 Å². The Balaban J connectivity index is 2.13. The minimum Gasteiger partial charge on any atom is -0.370 e. The number of hydrogen-bond acceptors (Lipinski definition) is 4. The van der Waals surface area contributed by atoms with Crippen molar-refractivity contribution in [2.24, 2.45) is 5.73 Å². The number of amides is 2. The second-order valence-electron chi connectivity index (χ2n) is 5.28. The van der Waals surface area contributed by atoms with E-state index in [0.717, 1.165) is 17.0 Å². The van der Waals surface area contributed by atoms with E-state index in [-0.39, 0.29) is 36.7 Å². The van der Waals surface area contributed by atoms with Crippen molar-refractivity contribution < 1.29 is 14.0 Å². The van der Waals surface area contributed by atoms with Crippen LogP contribution in [-0.2, 0) is 16.1 Å². The highest BCUT2D eigenvalue weighted by atomic mass is 32.1. The first-order valence-electron chi connectivity index (χ1n) is 7.37. The number of hydrogen-bond donors (Lipinski definition) is 1. The molecule has 128 valence electrons. The first kappa shape index (κ1) is 17.9. The number of anilines is 1. The minimum absolute atomic E-state index is 0.000539. The Bertz CT molecular complexity index is 783. The summed E-state index contributed by atoms with van der Waals surface area (Å²) in [5.41, 5.74) is 6.43. The van der Waals surface area contributed by atoms with Gasteiger partial charge in [0.05, 0.1) is 0 Å². The predicted octanol–water partition coefficient (Wildman–Crippen LogP) is 1.66. The van der Waals surface area contributed by atoms with Crippen LogP contribution in [0.1, 0.15) is 18.5 Å². The predicted molar refractivity (Wildman–Crippen MR) is 90.5 cm³/mol. The lowest BCUT2D eigenvalue weighted by atomic mass is 10.2. The molecule has 2 rings (SSSR count). The molecule has 0 saturated carbocycles. The van der Waals surface area contributed by atoms with Crippen LogP contribution in [0.15, 0.2) is 34.4 Å². The summed E-state index contributed by atoms with van der Waals surface area (Å²) in [6.45, 7) is 2.16. The molecule has 0 aliphatic rings.